The Bertz CT molecular complexity index is 641. The van der Waals surface area contributed by atoms with E-state index in [0.717, 1.165) is 35.3 Å². The van der Waals surface area contributed by atoms with E-state index >= 15 is 0 Å². The first-order valence-electron chi connectivity index (χ1n) is 7.22. The van der Waals surface area contributed by atoms with E-state index in [1.807, 2.05) is 19.1 Å². The van der Waals surface area contributed by atoms with Crippen LogP contribution in [0.3, 0.4) is 0 Å². The van der Waals surface area contributed by atoms with E-state index in [1.165, 1.54) is 4.41 Å². The van der Waals surface area contributed by atoms with Gasteiger partial charge in [-0.25, -0.2) is 14.4 Å². The second kappa shape index (κ2) is 6.29. The van der Waals surface area contributed by atoms with Gasteiger partial charge in [-0.05, 0) is 50.3 Å². The number of nitrogens with zero attached hydrogens (tertiary/aromatic N) is 1. The maximum absolute atomic E-state index is 12.5. The molecule has 22 heavy (non-hydrogen) atoms. The summed E-state index contributed by atoms with van der Waals surface area (Å²) in [6.45, 7) is 1.94. The molecule has 0 saturated carbocycles. The standard InChI is InChI=1S/C15H18N2O4S/c1-10-6-8-11(9-7-10)14(18)16-17-15(21-19)12-4-2-3-5-13(12)22(17)20/h6-9,15,19H,2-5H2,1H3,(H,16,18)/t15-,22?/m1/s1. The molecule has 0 aromatic heterocycles. The summed E-state index contributed by atoms with van der Waals surface area (Å²) in [5, 5.41) is 9.15. The minimum Gasteiger partial charge on any atom is -0.270 e. The zero-order chi connectivity index (χ0) is 15.7. The van der Waals surface area contributed by atoms with Gasteiger partial charge in [0.1, 0.15) is 11.0 Å². The molecule has 118 valence electrons. The molecule has 0 spiro atoms. The van der Waals surface area contributed by atoms with Gasteiger partial charge < -0.3 is 0 Å². The number of carbonyl (C=O) groups is 1. The van der Waals surface area contributed by atoms with Gasteiger partial charge in [-0.2, -0.15) is 0 Å². The minimum atomic E-state index is -1.51. The molecule has 1 aromatic carbocycles. The van der Waals surface area contributed by atoms with Crippen LogP contribution in [0.25, 0.3) is 0 Å². The van der Waals surface area contributed by atoms with E-state index < -0.39 is 17.2 Å². The fourth-order valence-corrected chi connectivity index (χ4v) is 4.27. The molecule has 0 bridgehead atoms. The minimum absolute atomic E-state index is 0.379. The van der Waals surface area contributed by atoms with Crippen LogP contribution in [-0.2, 0) is 15.9 Å². The van der Waals surface area contributed by atoms with Crippen LogP contribution in [0.15, 0.2) is 34.7 Å². The largest absolute Gasteiger partial charge is 0.270 e. The van der Waals surface area contributed by atoms with E-state index in [1.54, 1.807) is 12.1 Å². The Morgan fingerprint density at radius 2 is 2.00 bits per heavy atom. The summed E-state index contributed by atoms with van der Waals surface area (Å²) in [5.74, 6) is -0.379. The van der Waals surface area contributed by atoms with Crippen molar-refractivity contribution in [1.29, 1.82) is 0 Å². The van der Waals surface area contributed by atoms with E-state index in [2.05, 4.69) is 10.3 Å². The molecule has 1 aliphatic heterocycles. The molecule has 1 unspecified atom stereocenters. The van der Waals surface area contributed by atoms with Gasteiger partial charge in [0.15, 0.2) is 6.23 Å². The van der Waals surface area contributed by atoms with Crippen LogP contribution in [0.2, 0.25) is 0 Å². The van der Waals surface area contributed by atoms with Crippen LogP contribution < -0.4 is 5.43 Å². The lowest BCUT2D eigenvalue weighted by atomic mass is 9.98. The molecule has 1 aromatic rings. The van der Waals surface area contributed by atoms with Crippen molar-refractivity contribution < 1.29 is 19.1 Å². The lowest BCUT2D eigenvalue weighted by Gasteiger charge is -2.22. The Kier molecular flexibility index (Phi) is 4.39. The third kappa shape index (κ3) is 2.72. The Balaban J connectivity index is 1.79. The van der Waals surface area contributed by atoms with E-state index in [-0.39, 0.29) is 5.91 Å². The molecule has 2 aliphatic rings. The van der Waals surface area contributed by atoms with Crippen LogP contribution in [0, 0.1) is 6.92 Å². The monoisotopic (exact) mass is 322 g/mol. The van der Waals surface area contributed by atoms with Gasteiger partial charge in [-0.3, -0.25) is 10.2 Å². The zero-order valence-electron chi connectivity index (χ0n) is 12.2. The van der Waals surface area contributed by atoms with Crippen molar-refractivity contribution in [2.75, 3.05) is 0 Å². The lowest BCUT2D eigenvalue weighted by Crippen LogP contribution is -2.47. The van der Waals surface area contributed by atoms with Crippen LogP contribution >= 0.6 is 0 Å². The summed E-state index contributed by atoms with van der Waals surface area (Å²) in [5.41, 5.74) is 4.92. The van der Waals surface area contributed by atoms with Gasteiger partial charge in [0.25, 0.3) is 5.91 Å². The average molecular weight is 322 g/mol. The third-order valence-electron chi connectivity index (χ3n) is 3.98. The van der Waals surface area contributed by atoms with Crippen molar-refractivity contribution >= 4 is 16.9 Å². The summed E-state index contributed by atoms with van der Waals surface area (Å²) in [6.07, 6.45) is 2.49. The first-order chi connectivity index (χ1) is 10.6. The molecule has 1 amide bonds. The number of benzene rings is 1. The Labute approximate surface area is 131 Å². The van der Waals surface area contributed by atoms with Gasteiger partial charge in [-0.1, -0.05) is 22.1 Å². The predicted molar refractivity (Wildman–Crippen MR) is 81.6 cm³/mol. The molecule has 1 heterocycles. The van der Waals surface area contributed by atoms with E-state index in [4.69, 9.17) is 5.26 Å². The molecule has 6 nitrogen and oxygen atoms in total. The molecular formula is C15H18N2O4S. The SMILES string of the molecule is Cc1ccc(C(=O)NN2[C@H](OO)C3=C(CCCC3)S2=O)cc1. The highest BCUT2D eigenvalue weighted by Gasteiger charge is 2.42. The summed E-state index contributed by atoms with van der Waals surface area (Å²) in [4.78, 5) is 17.5. The summed E-state index contributed by atoms with van der Waals surface area (Å²) < 4.78 is 13.7. The number of hydrazine groups is 1. The Morgan fingerprint density at radius 3 is 2.68 bits per heavy atom. The Hall–Kier alpha value is -1.54. The molecule has 1 aliphatic carbocycles. The number of amides is 1. The van der Waals surface area contributed by atoms with Gasteiger partial charge in [0.05, 0.1) is 0 Å². The van der Waals surface area contributed by atoms with Crippen LogP contribution in [0.5, 0.6) is 0 Å². The smallest absolute Gasteiger partial charge is 0.266 e. The zero-order valence-corrected chi connectivity index (χ0v) is 13.1. The van der Waals surface area contributed by atoms with E-state index in [9.17, 15) is 9.00 Å². The normalized spacial score (nSPS) is 25.2. The molecule has 0 radical (unpaired) electrons. The summed E-state index contributed by atoms with van der Waals surface area (Å²) >= 11 is 0. The van der Waals surface area contributed by atoms with Crippen molar-refractivity contribution in [1.82, 2.24) is 9.84 Å². The number of hydrogen-bond donors (Lipinski definition) is 2. The van der Waals surface area contributed by atoms with Crippen molar-refractivity contribution in [3.63, 3.8) is 0 Å². The average Bonchev–Trinajstić information content (AvgIpc) is 2.80. The van der Waals surface area contributed by atoms with Crippen molar-refractivity contribution in [2.24, 2.45) is 0 Å². The molecule has 2 N–H and O–H groups in total. The van der Waals surface area contributed by atoms with Crippen LogP contribution in [-0.4, -0.2) is 26.0 Å². The second-order valence-corrected chi connectivity index (χ2v) is 6.88. The number of hydrogen-bond acceptors (Lipinski definition) is 4. The van der Waals surface area contributed by atoms with Crippen molar-refractivity contribution in [2.45, 2.75) is 38.8 Å². The van der Waals surface area contributed by atoms with Gasteiger partial charge in [0.2, 0.25) is 0 Å². The molecule has 0 saturated heterocycles. The lowest BCUT2D eigenvalue weighted by molar-refractivity contribution is -0.292. The predicted octanol–water partition coefficient (Wildman–Crippen LogP) is 2.26. The van der Waals surface area contributed by atoms with Crippen molar-refractivity contribution in [3.05, 3.63) is 45.9 Å². The van der Waals surface area contributed by atoms with Crippen molar-refractivity contribution in [3.8, 4) is 0 Å². The quantitative estimate of drug-likeness (QED) is 0.661. The van der Waals surface area contributed by atoms with Gasteiger partial charge in [-0.15, -0.1) is 0 Å². The number of aryl methyl sites for hydroxylation is 1. The summed E-state index contributed by atoms with van der Waals surface area (Å²) in [7, 11) is -1.51. The van der Waals surface area contributed by atoms with Gasteiger partial charge >= 0.3 is 0 Å². The highest BCUT2D eigenvalue weighted by atomic mass is 32.2. The van der Waals surface area contributed by atoms with Crippen LogP contribution in [0.1, 0.15) is 41.6 Å². The molecule has 3 rings (SSSR count). The number of nitrogens with one attached hydrogen (secondary N) is 1. The topological polar surface area (TPSA) is 78.9 Å². The Morgan fingerprint density at radius 1 is 1.32 bits per heavy atom. The maximum Gasteiger partial charge on any atom is 0.266 e. The van der Waals surface area contributed by atoms with Gasteiger partial charge in [0, 0.05) is 10.5 Å². The summed E-state index contributed by atoms with van der Waals surface area (Å²) in [6, 6.07) is 7.07. The number of rotatable bonds is 3. The van der Waals surface area contributed by atoms with Crippen LogP contribution in [0.4, 0.5) is 0 Å². The number of allylic oxidation sites excluding steroid dienone is 1. The first-order valence-corrected chi connectivity index (χ1v) is 8.33. The first kappa shape index (κ1) is 15.4. The highest BCUT2D eigenvalue weighted by Crippen LogP contribution is 2.38. The second-order valence-electron chi connectivity index (χ2n) is 5.50. The van der Waals surface area contributed by atoms with E-state index in [0.29, 0.717) is 12.0 Å². The fraction of sp³-hybridized carbons (Fsp3) is 0.400. The molecule has 0 fully saturated rings. The molecule has 2 atom stereocenters. The third-order valence-corrected chi connectivity index (χ3v) is 5.51. The number of carbonyl (C=O) groups excluding carboxylic acids is 1. The molecular weight excluding hydrogens is 304 g/mol. The fourth-order valence-electron chi connectivity index (χ4n) is 2.78. The highest BCUT2D eigenvalue weighted by molar-refractivity contribution is 7.87. The maximum atomic E-state index is 12.5. The molecule has 7 heteroatoms.